The molecule has 0 aromatic carbocycles. The van der Waals surface area contributed by atoms with Crippen molar-refractivity contribution < 1.29 is 22.7 Å². The fourth-order valence-corrected chi connectivity index (χ4v) is 4.73. The highest BCUT2D eigenvalue weighted by molar-refractivity contribution is 7.13. The molecule has 1 saturated heterocycles. The largest absolute Gasteiger partial charge is 0.475 e. The molecule has 2 fully saturated rings. The number of alkyl halides is 3. The van der Waals surface area contributed by atoms with Crippen molar-refractivity contribution in [2.45, 2.75) is 45.0 Å². The van der Waals surface area contributed by atoms with Gasteiger partial charge >= 0.3 is 6.18 Å². The molecule has 3 heterocycles. The SMILES string of the molecule is C/C(=C\N=C(/C)OC1CC2CC1N(C(=O)c1cccnc1-c1nccs1)C2)C(F)(F)F. The number of hydrogen-bond acceptors (Lipinski definition) is 6. The summed E-state index contributed by atoms with van der Waals surface area (Å²) in [5.41, 5.74) is 0.234. The number of pyridine rings is 1. The van der Waals surface area contributed by atoms with Crippen LogP contribution in [0.5, 0.6) is 0 Å². The third-order valence-corrected chi connectivity index (χ3v) is 6.35. The molecule has 10 heteroatoms. The van der Waals surface area contributed by atoms with E-state index in [4.69, 9.17) is 4.74 Å². The van der Waals surface area contributed by atoms with E-state index in [1.807, 2.05) is 5.38 Å². The molecule has 0 radical (unpaired) electrons. The van der Waals surface area contributed by atoms with Gasteiger partial charge in [0, 0.05) is 43.0 Å². The number of amides is 1. The van der Waals surface area contributed by atoms with Crippen LogP contribution in [-0.2, 0) is 4.74 Å². The number of hydrogen-bond donors (Lipinski definition) is 0. The molecule has 1 amide bonds. The van der Waals surface area contributed by atoms with Gasteiger partial charge in [0.2, 0.25) is 0 Å². The Bertz CT molecular complexity index is 1020. The number of fused-ring (bicyclic) bond motifs is 2. The molecule has 4 rings (SSSR count). The molecule has 0 spiro atoms. The molecular weight excluding hydrogens is 429 g/mol. The molecule has 3 atom stereocenters. The minimum Gasteiger partial charge on any atom is -0.475 e. The Hall–Kier alpha value is -2.75. The third kappa shape index (κ3) is 4.48. The highest BCUT2D eigenvalue weighted by Crippen LogP contribution is 2.41. The fraction of sp³-hybridized carbons (Fsp3) is 0.429. The molecule has 31 heavy (non-hydrogen) atoms. The first-order chi connectivity index (χ1) is 14.7. The van der Waals surface area contributed by atoms with Crippen LogP contribution >= 0.6 is 11.3 Å². The van der Waals surface area contributed by atoms with Gasteiger partial charge in [-0.25, -0.2) is 9.98 Å². The van der Waals surface area contributed by atoms with Gasteiger partial charge in [-0.2, -0.15) is 13.2 Å². The number of carbonyl (C=O) groups is 1. The molecule has 0 N–H and O–H groups in total. The molecule has 6 nitrogen and oxygen atoms in total. The lowest BCUT2D eigenvalue weighted by Crippen LogP contribution is -2.46. The van der Waals surface area contributed by atoms with Crippen LogP contribution in [0.4, 0.5) is 13.2 Å². The Morgan fingerprint density at radius 2 is 2.10 bits per heavy atom. The van der Waals surface area contributed by atoms with Crippen molar-refractivity contribution in [2.75, 3.05) is 6.54 Å². The van der Waals surface area contributed by atoms with E-state index < -0.39 is 11.7 Å². The van der Waals surface area contributed by atoms with Gasteiger partial charge in [-0.15, -0.1) is 11.3 Å². The van der Waals surface area contributed by atoms with Crippen molar-refractivity contribution >= 4 is 23.1 Å². The summed E-state index contributed by atoms with van der Waals surface area (Å²) in [6.45, 7) is 3.11. The van der Waals surface area contributed by atoms with Gasteiger partial charge in [-0.05, 0) is 37.8 Å². The van der Waals surface area contributed by atoms with E-state index in [1.54, 1.807) is 29.4 Å². The van der Waals surface area contributed by atoms with Crippen LogP contribution < -0.4 is 0 Å². The number of likely N-dealkylation sites (tertiary alicyclic amines) is 1. The van der Waals surface area contributed by atoms with Crippen LogP contribution in [0.25, 0.3) is 10.7 Å². The van der Waals surface area contributed by atoms with Gasteiger partial charge in [-0.3, -0.25) is 9.78 Å². The predicted molar refractivity (Wildman–Crippen MR) is 111 cm³/mol. The van der Waals surface area contributed by atoms with Gasteiger partial charge < -0.3 is 9.64 Å². The van der Waals surface area contributed by atoms with Gasteiger partial charge in [0.1, 0.15) is 16.8 Å². The van der Waals surface area contributed by atoms with Crippen LogP contribution in [0, 0.1) is 5.92 Å². The van der Waals surface area contributed by atoms with Crippen LogP contribution in [0.2, 0.25) is 0 Å². The first-order valence-corrected chi connectivity index (χ1v) is 10.7. The Morgan fingerprint density at radius 3 is 2.77 bits per heavy atom. The minimum atomic E-state index is -4.42. The van der Waals surface area contributed by atoms with Crippen LogP contribution in [0.3, 0.4) is 0 Å². The number of carbonyl (C=O) groups excluding carboxylic acids is 1. The van der Waals surface area contributed by atoms with Gasteiger partial charge in [0.05, 0.1) is 11.6 Å². The van der Waals surface area contributed by atoms with Crippen molar-refractivity contribution in [3.8, 4) is 10.7 Å². The normalized spacial score (nSPS) is 24.0. The van der Waals surface area contributed by atoms with Gasteiger partial charge in [0.15, 0.2) is 5.90 Å². The summed E-state index contributed by atoms with van der Waals surface area (Å²) in [6.07, 6.45) is 0.891. The van der Waals surface area contributed by atoms with E-state index in [2.05, 4.69) is 15.0 Å². The standard InChI is InChI=1S/C21H21F3N4O2S/c1-12(21(22,23)24)10-27-13(2)30-17-9-14-8-16(17)28(11-14)20(29)15-4-3-5-25-18(15)19-26-6-7-31-19/h3-7,10,14,16-17H,8-9,11H2,1-2H3/b12-10+,27-13+. The predicted octanol–water partition coefficient (Wildman–Crippen LogP) is 4.71. The molecule has 2 bridgehead atoms. The summed E-state index contributed by atoms with van der Waals surface area (Å²) in [4.78, 5) is 27.6. The summed E-state index contributed by atoms with van der Waals surface area (Å²) in [5, 5.41) is 2.51. The summed E-state index contributed by atoms with van der Waals surface area (Å²) in [5.74, 6) is 0.305. The van der Waals surface area contributed by atoms with E-state index in [0.717, 1.165) is 26.0 Å². The van der Waals surface area contributed by atoms with E-state index in [1.165, 1.54) is 18.3 Å². The molecule has 2 aromatic heterocycles. The number of aliphatic imine (C=N–C) groups is 1. The number of piperidine rings is 1. The third-order valence-electron chi connectivity index (χ3n) is 5.57. The Balaban J connectivity index is 1.50. The maximum Gasteiger partial charge on any atom is 0.413 e. The Labute approximate surface area is 181 Å². The number of allylic oxidation sites excluding steroid dienone is 1. The van der Waals surface area contributed by atoms with E-state index >= 15 is 0 Å². The van der Waals surface area contributed by atoms with Crippen LogP contribution in [0.15, 0.2) is 46.7 Å². The van der Waals surface area contributed by atoms with Crippen molar-refractivity contribution in [2.24, 2.45) is 10.9 Å². The second-order valence-electron chi connectivity index (χ2n) is 7.71. The van der Waals surface area contributed by atoms with Gasteiger partial charge in [-0.1, -0.05) is 0 Å². The van der Waals surface area contributed by atoms with Gasteiger partial charge in [0.25, 0.3) is 5.91 Å². The fourth-order valence-electron chi connectivity index (χ4n) is 4.08. The maximum absolute atomic E-state index is 13.4. The first-order valence-electron chi connectivity index (χ1n) is 9.85. The second kappa shape index (κ2) is 8.41. The molecule has 2 aromatic rings. The van der Waals surface area contributed by atoms with E-state index in [9.17, 15) is 18.0 Å². The molecule has 3 unspecified atom stereocenters. The monoisotopic (exact) mass is 450 g/mol. The lowest BCUT2D eigenvalue weighted by molar-refractivity contribution is -0.0915. The second-order valence-corrected chi connectivity index (χ2v) is 8.61. The number of aromatic nitrogens is 2. The zero-order chi connectivity index (χ0) is 22.2. The number of rotatable bonds is 4. The maximum atomic E-state index is 13.4. The zero-order valence-corrected chi connectivity index (χ0v) is 17.8. The Kier molecular flexibility index (Phi) is 5.83. The summed E-state index contributed by atoms with van der Waals surface area (Å²) < 4.78 is 43.7. The molecule has 1 saturated carbocycles. The van der Waals surface area contributed by atoms with Crippen LogP contribution in [-0.4, -0.2) is 51.5 Å². The average Bonchev–Trinajstić information content (AvgIpc) is 3.48. The highest BCUT2D eigenvalue weighted by Gasteiger charge is 2.48. The highest BCUT2D eigenvalue weighted by atomic mass is 32.1. The first kappa shape index (κ1) is 21.5. The Morgan fingerprint density at radius 1 is 1.29 bits per heavy atom. The molecule has 1 aliphatic carbocycles. The lowest BCUT2D eigenvalue weighted by Gasteiger charge is -2.33. The van der Waals surface area contributed by atoms with Crippen molar-refractivity contribution in [3.63, 3.8) is 0 Å². The zero-order valence-electron chi connectivity index (χ0n) is 17.0. The quantitative estimate of drug-likeness (QED) is 0.500. The summed E-state index contributed by atoms with van der Waals surface area (Å²) in [7, 11) is 0. The molecule has 1 aliphatic heterocycles. The minimum absolute atomic E-state index is 0.137. The topological polar surface area (TPSA) is 67.7 Å². The lowest BCUT2D eigenvalue weighted by atomic mass is 10.1. The van der Waals surface area contributed by atoms with Crippen LogP contribution in [0.1, 0.15) is 37.0 Å². The van der Waals surface area contributed by atoms with E-state index in [-0.39, 0.29) is 24.0 Å². The molecular formula is C21H21F3N4O2S. The average molecular weight is 450 g/mol. The molecule has 164 valence electrons. The van der Waals surface area contributed by atoms with Crippen molar-refractivity contribution in [1.82, 2.24) is 14.9 Å². The van der Waals surface area contributed by atoms with Crippen molar-refractivity contribution in [3.05, 3.63) is 47.2 Å². The van der Waals surface area contributed by atoms with Crippen molar-refractivity contribution in [1.29, 1.82) is 0 Å². The number of thiazole rings is 1. The number of ether oxygens (including phenoxy) is 1. The number of halogens is 3. The summed E-state index contributed by atoms with van der Waals surface area (Å²) in [6, 6.07) is 3.31. The number of nitrogens with zero attached hydrogens (tertiary/aromatic N) is 4. The van der Waals surface area contributed by atoms with E-state index in [0.29, 0.717) is 28.7 Å². The molecule has 2 aliphatic rings. The smallest absolute Gasteiger partial charge is 0.413 e. The summed E-state index contributed by atoms with van der Waals surface area (Å²) >= 11 is 1.41.